The Hall–Kier alpha value is -1.94. The van der Waals surface area contributed by atoms with Crippen molar-refractivity contribution in [3.05, 3.63) is 47.1 Å². The van der Waals surface area contributed by atoms with Gasteiger partial charge in [-0.25, -0.2) is 4.98 Å². The second-order valence-electron chi connectivity index (χ2n) is 5.32. The second kappa shape index (κ2) is 5.82. The van der Waals surface area contributed by atoms with Crippen molar-refractivity contribution in [3.8, 4) is 0 Å². The first-order valence-corrected chi connectivity index (χ1v) is 7.49. The van der Waals surface area contributed by atoms with E-state index in [0.717, 1.165) is 48.3 Å². The molecule has 1 aromatic carbocycles. The van der Waals surface area contributed by atoms with Gasteiger partial charge >= 0.3 is 0 Å². The Labute approximate surface area is 130 Å². The minimum atomic E-state index is 0.777. The number of pyridine rings is 1. The number of aryl methyl sites for hydroxylation is 1. The van der Waals surface area contributed by atoms with Crippen LogP contribution in [0.4, 0.5) is 17.2 Å². The highest BCUT2D eigenvalue weighted by atomic mass is 35.5. The molecule has 1 aliphatic rings. The van der Waals surface area contributed by atoms with E-state index in [0.29, 0.717) is 0 Å². The van der Waals surface area contributed by atoms with Crippen molar-refractivity contribution in [1.82, 2.24) is 4.98 Å². The lowest BCUT2D eigenvalue weighted by Gasteiger charge is -2.37. The summed E-state index contributed by atoms with van der Waals surface area (Å²) in [6.45, 7) is 5.72. The molecular formula is C16H19ClN4. The highest BCUT2D eigenvalue weighted by Gasteiger charge is 2.20. The molecule has 0 aliphatic carbocycles. The largest absolute Gasteiger partial charge is 0.396 e. The van der Waals surface area contributed by atoms with Gasteiger partial charge in [-0.2, -0.15) is 0 Å². The Balaban J connectivity index is 1.72. The molecule has 2 heterocycles. The van der Waals surface area contributed by atoms with E-state index in [1.54, 1.807) is 0 Å². The van der Waals surface area contributed by atoms with Crippen molar-refractivity contribution in [1.29, 1.82) is 0 Å². The number of nitrogens with zero attached hydrogens (tertiary/aromatic N) is 3. The number of piperazine rings is 1. The molecule has 0 amide bonds. The highest BCUT2D eigenvalue weighted by Crippen LogP contribution is 2.26. The Morgan fingerprint density at radius 1 is 1.10 bits per heavy atom. The van der Waals surface area contributed by atoms with Gasteiger partial charge in [-0.3, -0.25) is 0 Å². The van der Waals surface area contributed by atoms with Crippen molar-refractivity contribution >= 4 is 28.8 Å². The first-order chi connectivity index (χ1) is 10.1. The predicted molar refractivity (Wildman–Crippen MR) is 89.3 cm³/mol. The molecule has 110 valence electrons. The van der Waals surface area contributed by atoms with Crippen LogP contribution in [0.3, 0.4) is 0 Å². The van der Waals surface area contributed by atoms with Crippen LogP contribution < -0.4 is 15.5 Å². The zero-order chi connectivity index (χ0) is 14.8. The molecule has 5 heteroatoms. The minimum absolute atomic E-state index is 0.777. The van der Waals surface area contributed by atoms with Crippen LogP contribution in [0.25, 0.3) is 0 Å². The van der Waals surface area contributed by atoms with Gasteiger partial charge in [0.15, 0.2) is 5.82 Å². The third-order valence-corrected chi connectivity index (χ3v) is 4.17. The maximum Gasteiger partial charge on any atom is 0.152 e. The average Bonchev–Trinajstić information content (AvgIpc) is 2.50. The van der Waals surface area contributed by atoms with Crippen molar-refractivity contribution in [2.24, 2.45) is 0 Å². The first-order valence-electron chi connectivity index (χ1n) is 7.11. The van der Waals surface area contributed by atoms with Gasteiger partial charge in [0.05, 0.1) is 5.69 Å². The number of halogens is 1. The summed E-state index contributed by atoms with van der Waals surface area (Å²) in [7, 11) is 0. The Morgan fingerprint density at radius 3 is 2.52 bits per heavy atom. The summed E-state index contributed by atoms with van der Waals surface area (Å²) in [5, 5.41) is 0.777. The SMILES string of the molecule is Cc1ccnc(N2CCN(c3cccc(Cl)c3)CC2)c1N. The van der Waals surface area contributed by atoms with Crippen LogP contribution in [-0.2, 0) is 0 Å². The molecule has 3 rings (SSSR count). The highest BCUT2D eigenvalue weighted by molar-refractivity contribution is 6.30. The normalized spacial score (nSPS) is 15.3. The van der Waals surface area contributed by atoms with E-state index in [2.05, 4.69) is 20.9 Å². The Morgan fingerprint density at radius 2 is 1.81 bits per heavy atom. The van der Waals surface area contributed by atoms with Gasteiger partial charge in [0, 0.05) is 43.1 Å². The molecular weight excluding hydrogens is 284 g/mol. The van der Waals surface area contributed by atoms with Crippen LogP contribution in [0, 0.1) is 6.92 Å². The molecule has 0 radical (unpaired) electrons. The maximum atomic E-state index is 6.14. The quantitative estimate of drug-likeness (QED) is 0.926. The summed E-state index contributed by atoms with van der Waals surface area (Å²) >= 11 is 6.06. The van der Waals surface area contributed by atoms with Gasteiger partial charge in [0.1, 0.15) is 0 Å². The number of rotatable bonds is 2. The monoisotopic (exact) mass is 302 g/mol. The van der Waals surface area contributed by atoms with Gasteiger partial charge in [0.2, 0.25) is 0 Å². The van der Waals surface area contributed by atoms with E-state index in [4.69, 9.17) is 17.3 Å². The van der Waals surface area contributed by atoms with Crippen molar-refractivity contribution < 1.29 is 0 Å². The molecule has 0 spiro atoms. The molecule has 1 fully saturated rings. The Bertz CT molecular complexity index is 636. The molecule has 1 aliphatic heterocycles. The standard InChI is InChI=1S/C16H19ClN4/c1-12-5-6-19-16(15(12)18)21-9-7-20(8-10-21)14-4-2-3-13(17)11-14/h2-6,11H,7-10,18H2,1H3. The molecule has 2 N–H and O–H groups in total. The number of hydrogen-bond donors (Lipinski definition) is 1. The van der Waals surface area contributed by atoms with Crippen LogP contribution in [0.1, 0.15) is 5.56 Å². The summed E-state index contributed by atoms with van der Waals surface area (Å²) in [4.78, 5) is 9.03. The molecule has 1 aromatic heterocycles. The van der Waals surface area contributed by atoms with E-state index in [1.807, 2.05) is 37.4 Å². The third kappa shape index (κ3) is 2.90. The van der Waals surface area contributed by atoms with Crippen LogP contribution in [0.2, 0.25) is 5.02 Å². The summed E-state index contributed by atoms with van der Waals surface area (Å²) in [5.74, 6) is 0.903. The van der Waals surface area contributed by atoms with Crippen molar-refractivity contribution in [3.63, 3.8) is 0 Å². The summed E-state index contributed by atoms with van der Waals surface area (Å²) < 4.78 is 0. The van der Waals surface area contributed by atoms with E-state index < -0.39 is 0 Å². The fourth-order valence-electron chi connectivity index (χ4n) is 2.66. The number of nitrogens with two attached hydrogens (primary N) is 1. The molecule has 0 saturated carbocycles. The lowest BCUT2D eigenvalue weighted by molar-refractivity contribution is 0.648. The number of hydrogen-bond acceptors (Lipinski definition) is 4. The van der Waals surface area contributed by atoms with Crippen LogP contribution in [0.15, 0.2) is 36.5 Å². The van der Waals surface area contributed by atoms with Crippen LogP contribution in [-0.4, -0.2) is 31.2 Å². The van der Waals surface area contributed by atoms with Crippen LogP contribution in [0.5, 0.6) is 0 Å². The van der Waals surface area contributed by atoms with Crippen LogP contribution >= 0.6 is 11.6 Å². The molecule has 4 nitrogen and oxygen atoms in total. The second-order valence-corrected chi connectivity index (χ2v) is 5.76. The lowest BCUT2D eigenvalue weighted by Crippen LogP contribution is -2.47. The summed E-state index contributed by atoms with van der Waals surface area (Å²) in [6.07, 6.45) is 1.82. The van der Waals surface area contributed by atoms with Gasteiger partial charge in [-0.1, -0.05) is 17.7 Å². The van der Waals surface area contributed by atoms with E-state index in [-0.39, 0.29) is 0 Å². The fourth-order valence-corrected chi connectivity index (χ4v) is 2.84. The lowest BCUT2D eigenvalue weighted by atomic mass is 10.2. The molecule has 0 atom stereocenters. The van der Waals surface area contributed by atoms with Crippen molar-refractivity contribution in [2.75, 3.05) is 41.7 Å². The molecule has 0 bridgehead atoms. The zero-order valence-electron chi connectivity index (χ0n) is 12.1. The molecule has 0 unspecified atom stereocenters. The van der Waals surface area contributed by atoms with E-state index >= 15 is 0 Å². The van der Waals surface area contributed by atoms with Gasteiger partial charge in [-0.05, 0) is 36.8 Å². The molecule has 1 saturated heterocycles. The number of anilines is 3. The number of nitrogen functional groups attached to an aromatic ring is 1. The van der Waals surface area contributed by atoms with Gasteiger partial charge in [-0.15, -0.1) is 0 Å². The van der Waals surface area contributed by atoms with E-state index in [9.17, 15) is 0 Å². The predicted octanol–water partition coefficient (Wildman–Crippen LogP) is 2.95. The topological polar surface area (TPSA) is 45.4 Å². The smallest absolute Gasteiger partial charge is 0.152 e. The number of aromatic nitrogens is 1. The minimum Gasteiger partial charge on any atom is -0.396 e. The van der Waals surface area contributed by atoms with Gasteiger partial charge in [0.25, 0.3) is 0 Å². The first kappa shape index (κ1) is 14.0. The molecule has 21 heavy (non-hydrogen) atoms. The summed E-state index contributed by atoms with van der Waals surface area (Å²) in [6, 6.07) is 9.95. The van der Waals surface area contributed by atoms with Crippen molar-refractivity contribution in [2.45, 2.75) is 6.92 Å². The van der Waals surface area contributed by atoms with Gasteiger partial charge < -0.3 is 15.5 Å². The van der Waals surface area contributed by atoms with E-state index in [1.165, 1.54) is 5.69 Å². The fraction of sp³-hybridized carbons (Fsp3) is 0.312. The zero-order valence-corrected chi connectivity index (χ0v) is 12.8. The Kier molecular flexibility index (Phi) is 3.88. The number of benzene rings is 1. The summed E-state index contributed by atoms with van der Waals surface area (Å²) in [5.41, 5.74) is 9.18. The average molecular weight is 303 g/mol. The molecule has 2 aromatic rings. The third-order valence-electron chi connectivity index (χ3n) is 3.94. The maximum absolute atomic E-state index is 6.14.